The van der Waals surface area contributed by atoms with Gasteiger partial charge >= 0.3 is 0 Å². The maximum Gasteiger partial charge on any atom is 0.191 e. The molecule has 0 N–H and O–H groups in total. The lowest BCUT2D eigenvalue weighted by Gasteiger charge is -2.35. The van der Waals surface area contributed by atoms with Gasteiger partial charge in [0.1, 0.15) is 0 Å². The second-order valence-corrected chi connectivity index (χ2v) is 10.4. The molecule has 0 aliphatic heterocycles. The summed E-state index contributed by atoms with van der Waals surface area (Å²) < 4.78 is 5.40. The lowest BCUT2D eigenvalue weighted by atomic mass is 9.87. The van der Waals surface area contributed by atoms with E-state index in [2.05, 4.69) is 78.4 Å². The Labute approximate surface area is 198 Å². The number of thioether (sulfide) groups is 1. The third-order valence-electron chi connectivity index (χ3n) is 6.23. The van der Waals surface area contributed by atoms with Gasteiger partial charge in [-0.2, -0.15) is 0 Å². The Bertz CT molecular complexity index is 1010. The molecule has 0 radical (unpaired) electrons. The van der Waals surface area contributed by atoms with Gasteiger partial charge in [-0.1, -0.05) is 40.7 Å². The van der Waals surface area contributed by atoms with E-state index in [0.29, 0.717) is 6.04 Å². The minimum atomic E-state index is 0.664. The molecule has 2 heterocycles. The van der Waals surface area contributed by atoms with Crippen molar-refractivity contribution in [3.63, 3.8) is 0 Å². The van der Waals surface area contributed by atoms with Crippen LogP contribution in [-0.4, -0.2) is 49.1 Å². The molecule has 1 unspecified atom stereocenters. The molecule has 5 nitrogen and oxygen atoms in total. The smallest absolute Gasteiger partial charge is 0.191 e. The number of halogens is 1. The Balaban J connectivity index is 1.31. The number of benzene rings is 1. The molecule has 0 amide bonds. The zero-order chi connectivity index (χ0) is 21.8. The van der Waals surface area contributed by atoms with Gasteiger partial charge < -0.3 is 14.0 Å². The molecule has 0 fully saturated rings. The standard InChI is InChI=1S/C24H32BrN5S/c1-4-12-30(21-11-9-18-16-20(25)10-8-19(18)17-21)14-6-15-31-24-27-26-23(29(24)3)22-7-5-13-28(22)2/h5,7-8,10,13,16,21H,4,6,9,11-12,14-15,17H2,1-3H3. The zero-order valence-electron chi connectivity index (χ0n) is 18.7. The Morgan fingerprint density at radius 1 is 1.16 bits per heavy atom. The summed E-state index contributed by atoms with van der Waals surface area (Å²) in [5.41, 5.74) is 4.15. The lowest BCUT2D eigenvalue weighted by Crippen LogP contribution is -2.40. The number of aromatic nitrogens is 4. The normalized spacial score (nSPS) is 16.1. The average Bonchev–Trinajstić information content (AvgIpc) is 3.35. The van der Waals surface area contributed by atoms with Crippen molar-refractivity contribution < 1.29 is 0 Å². The highest BCUT2D eigenvalue weighted by Crippen LogP contribution is 2.28. The van der Waals surface area contributed by atoms with E-state index in [9.17, 15) is 0 Å². The van der Waals surface area contributed by atoms with Crippen molar-refractivity contribution in [3.05, 3.63) is 52.1 Å². The third kappa shape index (κ3) is 5.26. The van der Waals surface area contributed by atoms with E-state index in [-0.39, 0.29) is 0 Å². The van der Waals surface area contributed by atoms with Gasteiger partial charge in [-0.3, -0.25) is 0 Å². The van der Waals surface area contributed by atoms with Gasteiger partial charge in [0, 0.05) is 36.6 Å². The average molecular weight is 503 g/mol. The van der Waals surface area contributed by atoms with Gasteiger partial charge in [0.2, 0.25) is 0 Å². The molecule has 166 valence electrons. The van der Waals surface area contributed by atoms with Crippen LogP contribution < -0.4 is 0 Å². The van der Waals surface area contributed by atoms with Crippen molar-refractivity contribution in [2.75, 3.05) is 18.8 Å². The first-order valence-corrected chi connectivity index (χ1v) is 13.0. The quantitative estimate of drug-likeness (QED) is 0.293. The first-order chi connectivity index (χ1) is 15.1. The third-order valence-corrected chi connectivity index (χ3v) is 7.83. The Morgan fingerprint density at radius 3 is 2.81 bits per heavy atom. The molecular weight excluding hydrogens is 470 g/mol. The topological polar surface area (TPSA) is 38.9 Å². The number of rotatable bonds is 9. The first-order valence-electron chi connectivity index (χ1n) is 11.2. The highest BCUT2D eigenvalue weighted by Gasteiger charge is 2.24. The second kappa shape index (κ2) is 10.4. The summed E-state index contributed by atoms with van der Waals surface area (Å²) in [5.74, 6) is 1.99. The van der Waals surface area contributed by atoms with Crippen molar-refractivity contribution in [1.29, 1.82) is 0 Å². The minimum absolute atomic E-state index is 0.664. The molecule has 31 heavy (non-hydrogen) atoms. The maximum absolute atomic E-state index is 4.43. The van der Waals surface area contributed by atoms with Crippen LogP contribution in [0.3, 0.4) is 0 Å². The molecule has 1 aliphatic carbocycles. The Hall–Kier alpha value is -1.57. The van der Waals surface area contributed by atoms with E-state index in [1.165, 1.54) is 54.2 Å². The van der Waals surface area contributed by atoms with Crippen LogP contribution in [-0.2, 0) is 26.9 Å². The molecule has 2 aromatic heterocycles. The first kappa shape index (κ1) is 22.6. The molecule has 7 heteroatoms. The fourth-order valence-electron chi connectivity index (χ4n) is 4.57. The molecule has 0 bridgehead atoms. The highest BCUT2D eigenvalue weighted by molar-refractivity contribution is 9.10. The van der Waals surface area contributed by atoms with Crippen molar-refractivity contribution in [1.82, 2.24) is 24.2 Å². The Morgan fingerprint density at radius 2 is 2.03 bits per heavy atom. The van der Waals surface area contributed by atoms with Crippen LogP contribution in [0.15, 0.2) is 46.2 Å². The van der Waals surface area contributed by atoms with E-state index >= 15 is 0 Å². The zero-order valence-corrected chi connectivity index (χ0v) is 21.1. The van der Waals surface area contributed by atoms with Crippen LogP contribution in [0, 0.1) is 0 Å². The Kier molecular flexibility index (Phi) is 7.56. The van der Waals surface area contributed by atoms with Crippen molar-refractivity contribution in [3.8, 4) is 11.5 Å². The van der Waals surface area contributed by atoms with Gasteiger partial charge in [0.05, 0.1) is 5.69 Å². The summed E-state index contributed by atoms with van der Waals surface area (Å²) >= 11 is 5.43. The summed E-state index contributed by atoms with van der Waals surface area (Å²) in [5, 5.41) is 9.85. The van der Waals surface area contributed by atoms with Gasteiger partial charge in [-0.15, -0.1) is 10.2 Å². The largest absolute Gasteiger partial charge is 0.348 e. The summed E-state index contributed by atoms with van der Waals surface area (Å²) in [7, 11) is 4.10. The van der Waals surface area contributed by atoms with Gasteiger partial charge in [0.25, 0.3) is 0 Å². The van der Waals surface area contributed by atoms with Gasteiger partial charge in [0.15, 0.2) is 11.0 Å². The van der Waals surface area contributed by atoms with Crippen molar-refractivity contribution in [2.24, 2.45) is 14.1 Å². The number of hydrogen-bond acceptors (Lipinski definition) is 4. The van der Waals surface area contributed by atoms with Gasteiger partial charge in [-0.05, 0) is 80.6 Å². The fraction of sp³-hybridized carbons (Fsp3) is 0.500. The number of hydrogen-bond donors (Lipinski definition) is 0. The lowest BCUT2D eigenvalue weighted by molar-refractivity contribution is 0.180. The molecule has 0 saturated heterocycles. The molecular formula is C24H32BrN5S. The van der Waals surface area contributed by atoms with Crippen LogP contribution in [0.2, 0.25) is 0 Å². The SMILES string of the molecule is CCCN(CCCSc1nnc(-c2cccn2C)n1C)C1CCc2cc(Br)ccc2C1. The van der Waals surface area contributed by atoms with Crippen molar-refractivity contribution >= 4 is 27.7 Å². The molecule has 1 aliphatic rings. The number of nitrogens with zero attached hydrogens (tertiary/aromatic N) is 5. The summed E-state index contributed by atoms with van der Waals surface area (Å²) in [6, 6.07) is 11.6. The molecule has 1 atom stereocenters. The van der Waals surface area contributed by atoms with E-state index in [1.54, 1.807) is 0 Å². The maximum atomic E-state index is 4.43. The number of aryl methyl sites for hydroxylation is 2. The minimum Gasteiger partial charge on any atom is -0.348 e. The van der Waals surface area contributed by atoms with E-state index in [0.717, 1.165) is 29.0 Å². The van der Waals surface area contributed by atoms with E-state index in [4.69, 9.17) is 0 Å². The predicted molar refractivity (Wildman–Crippen MR) is 133 cm³/mol. The fourth-order valence-corrected chi connectivity index (χ4v) is 5.81. The molecule has 0 spiro atoms. The van der Waals surface area contributed by atoms with E-state index < -0.39 is 0 Å². The summed E-state index contributed by atoms with van der Waals surface area (Å²) in [4.78, 5) is 2.72. The highest BCUT2D eigenvalue weighted by atomic mass is 79.9. The monoisotopic (exact) mass is 501 g/mol. The van der Waals surface area contributed by atoms with E-state index in [1.807, 2.05) is 31.1 Å². The van der Waals surface area contributed by atoms with Crippen LogP contribution in [0.5, 0.6) is 0 Å². The molecule has 3 aromatic rings. The predicted octanol–water partition coefficient (Wildman–Crippen LogP) is 5.33. The summed E-state index contributed by atoms with van der Waals surface area (Å²) in [6.45, 7) is 4.63. The molecule has 0 saturated carbocycles. The van der Waals surface area contributed by atoms with Crippen molar-refractivity contribution in [2.45, 2.75) is 50.2 Å². The summed E-state index contributed by atoms with van der Waals surface area (Å²) in [6.07, 6.45) is 8.05. The van der Waals surface area contributed by atoms with Crippen LogP contribution in [0.25, 0.3) is 11.5 Å². The number of fused-ring (bicyclic) bond motifs is 1. The molecule has 4 rings (SSSR count). The van der Waals surface area contributed by atoms with Crippen LogP contribution in [0.1, 0.15) is 37.3 Å². The van der Waals surface area contributed by atoms with Crippen LogP contribution in [0.4, 0.5) is 0 Å². The van der Waals surface area contributed by atoms with Crippen LogP contribution >= 0.6 is 27.7 Å². The second-order valence-electron chi connectivity index (χ2n) is 8.42. The van der Waals surface area contributed by atoms with Gasteiger partial charge in [-0.25, -0.2) is 0 Å². The molecule has 1 aromatic carbocycles.